The van der Waals surface area contributed by atoms with Crippen molar-refractivity contribution in [2.75, 3.05) is 12.4 Å². The van der Waals surface area contributed by atoms with E-state index in [1.54, 1.807) is 67.8 Å². The number of hydrogen-bond acceptors (Lipinski definition) is 4. The Morgan fingerprint density at radius 1 is 1.04 bits per heavy atom. The molecular formula is C21H17ClN2O4. The van der Waals surface area contributed by atoms with Gasteiger partial charge in [-0.2, -0.15) is 0 Å². The molecule has 0 saturated heterocycles. The fourth-order valence-corrected chi connectivity index (χ4v) is 2.47. The zero-order chi connectivity index (χ0) is 19.9. The molecule has 7 heteroatoms. The molecule has 1 heterocycles. The lowest BCUT2D eigenvalue weighted by atomic mass is 10.1. The van der Waals surface area contributed by atoms with Crippen molar-refractivity contribution in [3.8, 4) is 5.75 Å². The molecule has 2 aromatic carbocycles. The van der Waals surface area contributed by atoms with Crippen LogP contribution < -0.4 is 15.4 Å². The van der Waals surface area contributed by atoms with Crippen LogP contribution in [0.4, 0.5) is 5.69 Å². The van der Waals surface area contributed by atoms with Gasteiger partial charge in [0.2, 0.25) is 0 Å². The van der Waals surface area contributed by atoms with Crippen molar-refractivity contribution in [3.63, 3.8) is 0 Å². The van der Waals surface area contributed by atoms with Crippen molar-refractivity contribution >= 4 is 35.2 Å². The Kier molecular flexibility index (Phi) is 6.14. The smallest absolute Gasteiger partial charge is 0.291 e. The number of anilines is 1. The number of halogens is 1. The molecule has 2 N–H and O–H groups in total. The molecule has 0 aliphatic heterocycles. The third-order valence-electron chi connectivity index (χ3n) is 3.77. The number of benzene rings is 2. The van der Waals surface area contributed by atoms with Gasteiger partial charge in [-0.1, -0.05) is 23.7 Å². The van der Waals surface area contributed by atoms with Gasteiger partial charge in [0.15, 0.2) is 5.76 Å². The van der Waals surface area contributed by atoms with Crippen molar-refractivity contribution in [1.82, 2.24) is 5.32 Å². The summed E-state index contributed by atoms with van der Waals surface area (Å²) in [6, 6.07) is 16.8. The molecule has 142 valence electrons. The Hall–Kier alpha value is -3.51. The van der Waals surface area contributed by atoms with Gasteiger partial charge in [0.1, 0.15) is 11.4 Å². The Morgan fingerprint density at radius 2 is 1.75 bits per heavy atom. The van der Waals surface area contributed by atoms with Gasteiger partial charge < -0.3 is 19.8 Å². The van der Waals surface area contributed by atoms with Crippen LogP contribution in [0, 0.1) is 0 Å². The summed E-state index contributed by atoms with van der Waals surface area (Å²) in [6.07, 6.45) is 2.95. The first-order valence-electron chi connectivity index (χ1n) is 8.32. The second-order valence-corrected chi connectivity index (χ2v) is 6.16. The van der Waals surface area contributed by atoms with Crippen LogP contribution in [0.5, 0.6) is 5.75 Å². The SMILES string of the molecule is COc1ccc(C=C(NC(=O)c2ccco2)C(=O)Nc2ccc(Cl)cc2)cc1. The average molecular weight is 397 g/mol. The molecule has 0 radical (unpaired) electrons. The van der Waals surface area contributed by atoms with E-state index in [4.69, 9.17) is 20.8 Å². The second kappa shape index (κ2) is 8.92. The second-order valence-electron chi connectivity index (χ2n) is 5.72. The van der Waals surface area contributed by atoms with Crippen molar-refractivity contribution in [3.05, 3.63) is 89.0 Å². The molecule has 0 atom stereocenters. The molecule has 0 fully saturated rings. The number of ether oxygens (including phenoxy) is 1. The van der Waals surface area contributed by atoms with E-state index in [2.05, 4.69) is 10.6 Å². The first kappa shape index (κ1) is 19.3. The molecule has 2 amide bonds. The number of methoxy groups -OCH3 is 1. The normalized spacial score (nSPS) is 11.0. The molecular weight excluding hydrogens is 380 g/mol. The number of carbonyl (C=O) groups is 2. The predicted molar refractivity (Wildman–Crippen MR) is 107 cm³/mol. The Balaban J connectivity index is 1.85. The topological polar surface area (TPSA) is 80.6 Å². The van der Waals surface area contributed by atoms with Crippen LogP contribution >= 0.6 is 11.6 Å². The van der Waals surface area contributed by atoms with E-state index >= 15 is 0 Å². The minimum Gasteiger partial charge on any atom is -0.497 e. The highest BCUT2D eigenvalue weighted by Crippen LogP contribution is 2.17. The van der Waals surface area contributed by atoms with Crippen molar-refractivity contribution in [2.24, 2.45) is 0 Å². The van der Waals surface area contributed by atoms with Gasteiger partial charge >= 0.3 is 0 Å². The first-order valence-corrected chi connectivity index (χ1v) is 8.70. The molecule has 0 bridgehead atoms. The van der Waals surface area contributed by atoms with Gasteiger partial charge in [-0.05, 0) is 60.2 Å². The zero-order valence-corrected chi connectivity index (χ0v) is 15.7. The largest absolute Gasteiger partial charge is 0.497 e. The lowest BCUT2D eigenvalue weighted by molar-refractivity contribution is -0.113. The zero-order valence-electron chi connectivity index (χ0n) is 14.9. The van der Waals surface area contributed by atoms with Crippen molar-refractivity contribution in [2.45, 2.75) is 0 Å². The summed E-state index contributed by atoms with van der Waals surface area (Å²) in [6.45, 7) is 0. The van der Waals surface area contributed by atoms with E-state index in [0.717, 1.165) is 0 Å². The van der Waals surface area contributed by atoms with Crippen LogP contribution in [0.15, 0.2) is 77.0 Å². The lowest BCUT2D eigenvalue weighted by Crippen LogP contribution is -2.30. The van der Waals surface area contributed by atoms with E-state index in [0.29, 0.717) is 22.0 Å². The van der Waals surface area contributed by atoms with Gasteiger partial charge in [0.05, 0.1) is 13.4 Å². The van der Waals surface area contributed by atoms with Crippen molar-refractivity contribution in [1.29, 1.82) is 0 Å². The average Bonchev–Trinajstić information content (AvgIpc) is 3.25. The number of amides is 2. The number of rotatable bonds is 6. The third-order valence-corrected chi connectivity index (χ3v) is 4.02. The minimum atomic E-state index is -0.531. The maximum atomic E-state index is 12.7. The number of nitrogens with one attached hydrogen (secondary N) is 2. The molecule has 28 heavy (non-hydrogen) atoms. The highest BCUT2D eigenvalue weighted by Gasteiger charge is 2.16. The highest BCUT2D eigenvalue weighted by atomic mass is 35.5. The van der Waals surface area contributed by atoms with E-state index in [-0.39, 0.29) is 11.5 Å². The molecule has 3 aromatic rings. The summed E-state index contributed by atoms with van der Waals surface area (Å²) in [4.78, 5) is 25.1. The Labute approximate surface area is 166 Å². The van der Waals surface area contributed by atoms with E-state index in [1.165, 1.54) is 12.3 Å². The van der Waals surface area contributed by atoms with Crippen LogP contribution in [0.3, 0.4) is 0 Å². The number of furan rings is 1. The number of hydrogen-bond donors (Lipinski definition) is 2. The van der Waals surface area contributed by atoms with Gasteiger partial charge in [0.25, 0.3) is 11.8 Å². The summed E-state index contributed by atoms with van der Waals surface area (Å²) in [5, 5.41) is 5.87. The minimum absolute atomic E-state index is 0.0570. The maximum Gasteiger partial charge on any atom is 0.291 e. The molecule has 3 rings (SSSR count). The monoisotopic (exact) mass is 396 g/mol. The first-order chi connectivity index (χ1) is 13.5. The molecule has 0 saturated carbocycles. The summed E-state index contributed by atoms with van der Waals surface area (Å²) >= 11 is 5.87. The molecule has 6 nitrogen and oxygen atoms in total. The van der Waals surface area contributed by atoms with Gasteiger partial charge in [-0.3, -0.25) is 9.59 Å². The van der Waals surface area contributed by atoms with Crippen molar-refractivity contribution < 1.29 is 18.7 Å². The quantitative estimate of drug-likeness (QED) is 0.607. The van der Waals surface area contributed by atoms with E-state index in [1.807, 2.05) is 0 Å². The summed E-state index contributed by atoms with van der Waals surface area (Å²) < 4.78 is 10.2. The summed E-state index contributed by atoms with van der Waals surface area (Å²) in [7, 11) is 1.57. The summed E-state index contributed by atoms with van der Waals surface area (Å²) in [5.41, 5.74) is 1.31. The van der Waals surface area contributed by atoms with Gasteiger partial charge in [-0.15, -0.1) is 0 Å². The summed E-state index contributed by atoms with van der Waals surface area (Å²) in [5.74, 6) is -0.238. The Morgan fingerprint density at radius 3 is 2.36 bits per heavy atom. The molecule has 0 aliphatic rings. The molecule has 0 unspecified atom stereocenters. The molecule has 0 spiro atoms. The van der Waals surface area contributed by atoms with Crippen LogP contribution in [0.25, 0.3) is 6.08 Å². The predicted octanol–water partition coefficient (Wildman–Crippen LogP) is 4.35. The Bertz CT molecular complexity index is 978. The fraction of sp³-hybridized carbons (Fsp3) is 0.0476. The molecule has 0 aliphatic carbocycles. The van der Waals surface area contributed by atoms with Gasteiger partial charge in [0, 0.05) is 10.7 Å². The lowest BCUT2D eigenvalue weighted by Gasteiger charge is -2.11. The highest BCUT2D eigenvalue weighted by molar-refractivity contribution is 6.30. The third kappa shape index (κ3) is 5.02. The van der Waals surface area contributed by atoms with Crippen LogP contribution in [0.2, 0.25) is 5.02 Å². The van der Waals surface area contributed by atoms with Crippen LogP contribution in [-0.2, 0) is 4.79 Å². The van der Waals surface area contributed by atoms with E-state index in [9.17, 15) is 9.59 Å². The van der Waals surface area contributed by atoms with Crippen LogP contribution in [0.1, 0.15) is 16.1 Å². The number of carbonyl (C=O) groups excluding carboxylic acids is 2. The fourth-order valence-electron chi connectivity index (χ4n) is 2.35. The maximum absolute atomic E-state index is 12.7. The van der Waals surface area contributed by atoms with Crippen LogP contribution in [-0.4, -0.2) is 18.9 Å². The van der Waals surface area contributed by atoms with Gasteiger partial charge in [-0.25, -0.2) is 0 Å². The standard InChI is InChI=1S/C21H17ClN2O4/c1-27-17-10-4-14(5-11-17)13-18(24-21(26)19-3-2-12-28-19)20(25)23-16-8-6-15(22)7-9-16/h2-13H,1H3,(H,23,25)(H,24,26). The van der Waals surface area contributed by atoms with E-state index < -0.39 is 11.8 Å². The molecule has 1 aromatic heterocycles.